The third-order valence-corrected chi connectivity index (χ3v) is 2.76. The van der Waals surface area contributed by atoms with Gasteiger partial charge in [0.25, 0.3) is 0 Å². The van der Waals surface area contributed by atoms with E-state index in [1.807, 2.05) is 0 Å². The third-order valence-electron chi connectivity index (χ3n) is 2.76. The molecule has 1 N–H and O–H groups in total. The Kier molecular flexibility index (Phi) is 4.58. The number of ether oxygens (including phenoxy) is 1. The second-order valence-electron chi connectivity index (χ2n) is 4.27. The molecule has 0 aliphatic rings. The van der Waals surface area contributed by atoms with Crippen LogP contribution in [-0.4, -0.2) is 23.7 Å². The molecule has 104 valence electrons. The molecule has 0 spiro atoms. The Morgan fingerprint density at radius 3 is 2.47 bits per heavy atom. The molecule has 4 nitrogen and oxygen atoms in total. The molecule has 1 rings (SSSR count). The lowest BCUT2D eigenvalue weighted by Crippen LogP contribution is -2.40. The van der Waals surface area contributed by atoms with E-state index < -0.39 is 35.4 Å². The molecule has 0 bridgehead atoms. The van der Waals surface area contributed by atoms with Crippen molar-refractivity contribution < 1.29 is 28.2 Å². The summed E-state index contributed by atoms with van der Waals surface area (Å²) >= 11 is 0. The van der Waals surface area contributed by atoms with E-state index in [0.717, 1.165) is 19.1 Å². The predicted octanol–water partition coefficient (Wildman–Crippen LogP) is 2.16. The predicted molar refractivity (Wildman–Crippen MR) is 62.4 cm³/mol. The van der Waals surface area contributed by atoms with Crippen LogP contribution in [0.5, 0.6) is 0 Å². The van der Waals surface area contributed by atoms with Gasteiger partial charge in [-0.1, -0.05) is 6.07 Å². The van der Waals surface area contributed by atoms with Gasteiger partial charge in [-0.15, -0.1) is 0 Å². The number of carbonyl (C=O) groups excluding carboxylic acids is 1. The van der Waals surface area contributed by atoms with E-state index in [0.29, 0.717) is 6.07 Å². The first-order valence-electron chi connectivity index (χ1n) is 5.65. The number of carboxylic acid groups (broad SMARTS) is 1. The van der Waals surface area contributed by atoms with Crippen molar-refractivity contribution in [3.05, 3.63) is 35.4 Å². The molecule has 1 unspecified atom stereocenters. The molecule has 0 aliphatic heterocycles. The van der Waals surface area contributed by atoms with Gasteiger partial charge >= 0.3 is 11.9 Å². The molecule has 0 fully saturated rings. The van der Waals surface area contributed by atoms with E-state index in [2.05, 4.69) is 4.74 Å². The van der Waals surface area contributed by atoms with Crippen LogP contribution in [0.1, 0.15) is 19.4 Å². The molecule has 6 heteroatoms. The quantitative estimate of drug-likeness (QED) is 0.659. The fourth-order valence-electron chi connectivity index (χ4n) is 1.57. The highest BCUT2D eigenvalue weighted by atomic mass is 19.1. The van der Waals surface area contributed by atoms with E-state index in [4.69, 9.17) is 5.11 Å². The summed E-state index contributed by atoms with van der Waals surface area (Å²) in [7, 11) is 0. The average Bonchev–Trinajstić information content (AvgIpc) is 2.32. The zero-order valence-electron chi connectivity index (χ0n) is 10.6. The van der Waals surface area contributed by atoms with Crippen molar-refractivity contribution >= 4 is 11.9 Å². The normalized spacial score (nSPS) is 13.7. The molecule has 0 amide bonds. The van der Waals surface area contributed by atoms with Gasteiger partial charge < -0.3 is 9.84 Å². The van der Waals surface area contributed by atoms with Gasteiger partial charge in [-0.2, -0.15) is 0 Å². The number of aliphatic carboxylic acids is 1. The fraction of sp³-hybridized carbons (Fsp3) is 0.385. The zero-order valence-corrected chi connectivity index (χ0v) is 10.6. The summed E-state index contributed by atoms with van der Waals surface area (Å²) < 4.78 is 31.0. The first-order valence-corrected chi connectivity index (χ1v) is 5.65. The highest BCUT2D eigenvalue weighted by molar-refractivity contribution is 5.99. The maximum atomic E-state index is 13.5. The van der Waals surface area contributed by atoms with Crippen LogP contribution in [0.25, 0.3) is 0 Å². The summed E-state index contributed by atoms with van der Waals surface area (Å²) in [4.78, 5) is 22.9. The Morgan fingerprint density at radius 2 is 2.00 bits per heavy atom. The van der Waals surface area contributed by atoms with Gasteiger partial charge in [0, 0.05) is 12.5 Å². The minimum absolute atomic E-state index is 0.0214. The van der Waals surface area contributed by atoms with Gasteiger partial charge in [0.15, 0.2) is 5.41 Å². The van der Waals surface area contributed by atoms with Crippen molar-refractivity contribution in [1.29, 1.82) is 0 Å². The van der Waals surface area contributed by atoms with Crippen molar-refractivity contribution in [2.24, 2.45) is 5.41 Å². The highest BCUT2D eigenvalue weighted by Crippen LogP contribution is 2.26. The monoisotopic (exact) mass is 272 g/mol. The molecule has 1 atom stereocenters. The van der Waals surface area contributed by atoms with Gasteiger partial charge in [0.05, 0.1) is 6.61 Å². The molecule has 0 aromatic heterocycles. The van der Waals surface area contributed by atoms with Crippen molar-refractivity contribution in [2.45, 2.75) is 20.3 Å². The van der Waals surface area contributed by atoms with Gasteiger partial charge in [-0.05, 0) is 25.5 Å². The first kappa shape index (κ1) is 15.1. The Labute approximate surface area is 109 Å². The topological polar surface area (TPSA) is 63.6 Å². The van der Waals surface area contributed by atoms with Gasteiger partial charge in [0.1, 0.15) is 11.6 Å². The number of esters is 1. The number of hydrogen-bond acceptors (Lipinski definition) is 3. The maximum Gasteiger partial charge on any atom is 0.323 e. The van der Waals surface area contributed by atoms with Gasteiger partial charge in [-0.3, -0.25) is 9.59 Å². The maximum absolute atomic E-state index is 13.5. The van der Waals surface area contributed by atoms with Crippen LogP contribution in [0.4, 0.5) is 8.78 Å². The first-order chi connectivity index (χ1) is 8.81. The molecular weight excluding hydrogens is 258 g/mol. The molecule has 0 radical (unpaired) electrons. The summed E-state index contributed by atoms with van der Waals surface area (Å²) in [6.45, 7) is 2.71. The number of carbonyl (C=O) groups is 2. The fourth-order valence-corrected chi connectivity index (χ4v) is 1.57. The second-order valence-corrected chi connectivity index (χ2v) is 4.27. The summed E-state index contributed by atoms with van der Waals surface area (Å²) in [6.07, 6.45) is -0.409. The van der Waals surface area contributed by atoms with E-state index >= 15 is 0 Å². The highest BCUT2D eigenvalue weighted by Gasteiger charge is 2.43. The molecule has 0 aliphatic carbocycles. The van der Waals surface area contributed by atoms with Crippen LogP contribution in [0.2, 0.25) is 0 Å². The molecule has 0 heterocycles. The third kappa shape index (κ3) is 3.27. The standard InChI is InChI=1S/C13H14F2O4/c1-3-19-12(18)13(2,11(16)17)7-8-4-5-9(14)6-10(8)15/h4-6H,3,7H2,1-2H3,(H,16,17). The number of benzene rings is 1. The molecule has 0 saturated heterocycles. The Bertz CT molecular complexity index is 501. The lowest BCUT2D eigenvalue weighted by molar-refractivity contribution is -0.167. The van der Waals surface area contributed by atoms with E-state index in [-0.39, 0.29) is 12.2 Å². The van der Waals surface area contributed by atoms with E-state index in [1.165, 1.54) is 0 Å². The minimum atomic E-state index is -1.91. The van der Waals surface area contributed by atoms with Crippen molar-refractivity contribution in [2.75, 3.05) is 6.61 Å². The van der Waals surface area contributed by atoms with E-state index in [9.17, 15) is 18.4 Å². The molecular formula is C13H14F2O4. The number of rotatable bonds is 5. The summed E-state index contributed by atoms with van der Waals surface area (Å²) in [6, 6.07) is 2.76. The van der Waals surface area contributed by atoms with Crippen LogP contribution in [0, 0.1) is 17.0 Å². The summed E-state index contributed by atoms with van der Waals surface area (Å²) in [5.74, 6) is -4.04. The van der Waals surface area contributed by atoms with Crippen LogP contribution in [0.15, 0.2) is 18.2 Å². The second kappa shape index (κ2) is 5.77. The Balaban J connectivity index is 3.08. The van der Waals surface area contributed by atoms with Gasteiger partial charge in [0.2, 0.25) is 0 Å². The van der Waals surface area contributed by atoms with Crippen molar-refractivity contribution in [3.8, 4) is 0 Å². The summed E-state index contributed by atoms with van der Waals surface area (Å²) in [5, 5.41) is 9.14. The lowest BCUT2D eigenvalue weighted by Gasteiger charge is -2.22. The van der Waals surface area contributed by atoms with Crippen LogP contribution >= 0.6 is 0 Å². The van der Waals surface area contributed by atoms with Crippen molar-refractivity contribution in [3.63, 3.8) is 0 Å². The Morgan fingerprint density at radius 1 is 1.37 bits per heavy atom. The molecule has 1 aromatic rings. The van der Waals surface area contributed by atoms with Crippen molar-refractivity contribution in [1.82, 2.24) is 0 Å². The molecule has 1 aromatic carbocycles. The van der Waals surface area contributed by atoms with E-state index in [1.54, 1.807) is 6.92 Å². The number of hydrogen-bond donors (Lipinski definition) is 1. The summed E-state index contributed by atoms with van der Waals surface area (Å²) in [5.41, 5.74) is -1.96. The van der Waals surface area contributed by atoms with Crippen LogP contribution in [-0.2, 0) is 20.7 Å². The molecule has 0 saturated carbocycles. The molecule has 19 heavy (non-hydrogen) atoms. The number of halogens is 2. The lowest BCUT2D eigenvalue weighted by atomic mass is 9.83. The smallest absolute Gasteiger partial charge is 0.323 e. The van der Waals surface area contributed by atoms with Crippen LogP contribution in [0.3, 0.4) is 0 Å². The van der Waals surface area contributed by atoms with Gasteiger partial charge in [-0.25, -0.2) is 8.78 Å². The SMILES string of the molecule is CCOC(=O)C(C)(Cc1ccc(F)cc1F)C(=O)O. The minimum Gasteiger partial charge on any atom is -0.480 e. The Hall–Kier alpha value is -1.98. The largest absolute Gasteiger partial charge is 0.480 e. The number of carboxylic acids is 1. The zero-order chi connectivity index (χ0) is 14.6. The van der Waals surface area contributed by atoms with Crippen LogP contribution < -0.4 is 0 Å². The average molecular weight is 272 g/mol.